The highest BCUT2D eigenvalue weighted by molar-refractivity contribution is 7.13. The van der Waals surface area contributed by atoms with Crippen LogP contribution < -0.4 is 5.32 Å². The number of carbonyl (C=O) groups is 1. The van der Waals surface area contributed by atoms with E-state index in [1.54, 1.807) is 11.3 Å². The number of hydrogen-bond donors (Lipinski definition) is 1. The van der Waals surface area contributed by atoms with Crippen LogP contribution in [-0.4, -0.2) is 62.0 Å². The Hall–Kier alpha value is -1.74. The lowest BCUT2D eigenvalue weighted by molar-refractivity contribution is -0.126. The lowest BCUT2D eigenvalue weighted by atomic mass is 10.3. The minimum absolute atomic E-state index is 0.0182. The van der Waals surface area contributed by atoms with Crippen LogP contribution in [0.1, 0.15) is 5.69 Å². The van der Waals surface area contributed by atoms with Crippen LogP contribution in [0.5, 0.6) is 0 Å². The van der Waals surface area contributed by atoms with Gasteiger partial charge in [-0.1, -0.05) is 11.2 Å². The Morgan fingerprint density at radius 1 is 1.42 bits per heavy atom. The Morgan fingerprint density at radius 2 is 2.29 bits per heavy atom. The van der Waals surface area contributed by atoms with E-state index in [1.807, 2.05) is 23.6 Å². The van der Waals surface area contributed by atoms with Gasteiger partial charge >= 0.3 is 0 Å². The first-order chi connectivity index (χ1) is 11.8. The van der Waals surface area contributed by atoms with Crippen molar-refractivity contribution in [3.63, 3.8) is 0 Å². The Balaban J connectivity index is 1.30. The summed E-state index contributed by atoms with van der Waals surface area (Å²) in [6, 6.07) is 5.76. The van der Waals surface area contributed by atoms with Gasteiger partial charge in [0.05, 0.1) is 24.7 Å². The molecule has 1 aliphatic heterocycles. The molecule has 24 heavy (non-hydrogen) atoms. The van der Waals surface area contributed by atoms with Gasteiger partial charge < -0.3 is 19.3 Å². The molecular weight excluding hydrogens is 330 g/mol. The summed E-state index contributed by atoms with van der Waals surface area (Å²) in [4.78, 5) is 15.0. The predicted octanol–water partition coefficient (Wildman–Crippen LogP) is 1.37. The van der Waals surface area contributed by atoms with E-state index in [2.05, 4.69) is 15.4 Å². The summed E-state index contributed by atoms with van der Waals surface area (Å²) < 4.78 is 15.9. The number of amides is 1. The molecule has 2 aromatic heterocycles. The van der Waals surface area contributed by atoms with Gasteiger partial charge in [0.1, 0.15) is 12.3 Å². The molecule has 0 radical (unpaired) electrons. The topological polar surface area (TPSA) is 76.8 Å². The fourth-order valence-corrected chi connectivity index (χ4v) is 3.07. The second-order valence-electron chi connectivity index (χ2n) is 5.46. The van der Waals surface area contributed by atoms with Gasteiger partial charge in [-0.15, -0.1) is 11.3 Å². The summed E-state index contributed by atoms with van der Waals surface area (Å²) in [6.45, 7) is 5.11. The van der Waals surface area contributed by atoms with Crippen LogP contribution in [0.15, 0.2) is 28.1 Å². The molecule has 2 aromatic rings. The quantitative estimate of drug-likeness (QED) is 0.774. The van der Waals surface area contributed by atoms with E-state index >= 15 is 0 Å². The SMILES string of the molecule is O=C(COCc1cc(-c2cccs2)on1)NCCN1CCOCC1. The Labute approximate surface area is 144 Å². The van der Waals surface area contributed by atoms with Crippen molar-refractivity contribution in [3.8, 4) is 10.6 Å². The minimum Gasteiger partial charge on any atom is -0.379 e. The number of morpholine rings is 1. The first-order valence-electron chi connectivity index (χ1n) is 7.95. The molecule has 0 spiro atoms. The number of nitrogens with one attached hydrogen (secondary N) is 1. The first kappa shape index (κ1) is 17.1. The highest BCUT2D eigenvalue weighted by Crippen LogP contribution is 2.25. The zero-order valence-electron chi connectivity index (χ0n) is 13.4. The molecule has 3 rings (SSSR count). The number of aromatic nitrogens is 1. The standard InChI is InChI=1S/C16H21N3O4S/c20-16(17-3-4-19-5-7-21-8-6-19)12-22-11-13-10-14(23-18-13)15-2-1-9-24-15/h1-2,9-10H,3-8,11-12H2,(H,17,20). The smallest absolute Gasteiger partial charge is 0.246 e. The molecule has 1 fully saturated rings. The molecule has 7 nitrogen and oxygen atoms in total. The maximum Gasteiger partial charge on any atom is 0.246 e. The van der Waals surface area contributed by atoms with Crippen molar-refractivity contribution in [3.05, 3.63) is 29.3 Å². The van der Waals surface area contributed by atoms with E-state index in [9.17, 15) is 4.79 Å². The van der Waals surface area contributed by atoms with Crippen molar-refractivity contribution < 1.29 is 18.8 Å². The predicted molar refractivity (Wildman–Crippen MR) is 89.7 cm³/mol. The van der Waals surface area contributed by atoms with Crippen molar-refractivity contribution in [2.24, 2.45) is 0 Å². The van der Waals surface area contributed by atoms with Crippen LogP contribution in [0.2, 0.25) is 0 Å². The van der Waals surface area contributed by atoms with E-state index in [1.165, 1.54) is 0 Å². The molecule has 8 heteroatoms. The van der Waals surface area contributed by atoms with E-state index in [0.717, 1.165) is 43.5 Å². The summed E-state index contributed by atoms with van der Waals surface area (Å²) in [5, 5.41) is 8.79. The molecule has 1 aliphatic rings. The van der Waals surface area contributed by atoms with Crippen molar-refractivity contribution in [1.82, 2.24) is 15.4 Å². The molecule has 1 saturated heterocycles. The van der Waals surface area contributed by atoms with E-state index < -0.39 is 0 Å². The van der Waals surface area contributed by atoms with Crippen LogP contribution in [0, 0.1) is 0 Å². The van der Waals surface area contributed by atoms with Gasteiger partial charge in [-0.25, -0.2) is 0 Å². The summed E-state index contributed by atoms with van der Waals surface area (Å²) >= 11 is 1.59. The highest BCUT2D eigenvalue weighted by atomic mass is 32.1. The number of ether oxygens (including phenoxy) is 2. The average molecular weight is 351 g/mol. The van der Waals surface area contributed by atoms with Gasteiger partial charge in [-0.3, -0.25) is 9.69 Å². The third-order valence-corrected chi connectivity index (χ3v) is 4.54. The molecule has 3 heterocycles. The summed E-state index contributed by atoms with van der Waals surface area (Å²) in [7, 11) is 0. The van der Waals surface area contributed by atoms with Crippen LogP contribution in [-0.2, 0) is 20.9 Å². The van der Waals surface area contributed by atoms with Gasteiger partial charge in [-0.2, -0.15) is 0 Å². The van der Waals surface area contributed by atoms with Crippen LogP contribution >= 0.6 is 11.3 Å². The summed E-state index contributed by atoms with van der Waals surface area (Å²) in [5.74, 6) is 0.601. The molecule has 0 aromatic carbocycles. The number of nitrogens with zero attached hydrogens (tertiary/aromatic N) is 2. The van der Waals surface area contributed by atoms with Gasteiger partial charge in [0.15, 0.2) is 5.76 Å². The van der Waals surface area contributed by atoms with Crippen molar-refractivity contribution >= 4 is 17.2 Å². The molecular formula is C16H21N3O4S. The lowest BCUT2D eigenvalue weighted by Gasteiger charge is -2.26. The third-order valence-electron chi connectivity index (χ3n) is 3.66. The Morgan fingerprint density at radius 3 is 3.08 bits per heavy atom. The summed E-state index contributed by atoms with van der Waals surface area (Å²) in [6.07, 6.45) is 0. The maximum absolute atomic E-state index is 11.7. The van der Waals surface area contributed by atoms with Gasteiger partial charge in [0.25, 0.3) is 0 Å². The zero-order chi connectivity index (χ0) is 16.6. The minimum atomic E-state index is -0.120. The molecule has 1 N–H and O–H groups in total. The van der Waals surface area contributed by atoms with Crippen molar-refractivity contribution in [2.75, 3.05) is 46.0 Å². The van der Waals surface area contributed by atoms with Crippen LogP contribution in [0.4, 0.5) is 0 Å². The molecule has 130 valence electrons. The second-order valence-corrected chi connectivity index (χ2v) is 6.40. The van der Waals surface area contributed by atoms with Crippen molar-refractivity contribution in [1.29, 1.82) is 0 Å². The summed E-state index contributed by atoms with van der Waals surface area (Å²) in [5.41, 5.74) is 0.680. The molecule has 1 amide bonds. The Kier molecular flexibility index (Phi) is 6.36. The fraction of sp³-hybridized carbons (Fsp3) is 0.500. The number of thiophene rings is 1. The Bertz CT molecular complexity index is 623. The largest absolute Gasteiger partial charge is 0.379 e. The highest BCUT2D eigenvalue weighted by Gasteiger charge is 2.11. The second kappa shape index (κ2) is 8.93. The van der Waals surface area contributed by atoms with E-state index in [0.29, 0.717) is 12.2 Å². The molecule has 0 unspecified atom stereocenters. The van der Waals surface area contributed by atoms with Gasteiger partial charge in [-0.05, 0) is 11.4 Å². The lowest BCUT2D eigenvalue weighted by Crippen LogP contribution is -2.41. The average Bonchev–Trinajstić information content (AvgIpc) is 3.27. The maximum atomic E-state index is 11.7. The fourth-order valence-electron chi connectivity index (χ4n) is 2.39. The van der Waals surface area contributed by atoms with Gasteiger partial charge in [0, 0.05) is 32.2 Å². The van der Waals surface area contributed by atoms with E-state index in [4.69, 9.17) is 14.0 Å². The van der Waals surface area contributed by atoms with Gasteiger partial charge in [0.2, 0.25) is 5.91 Å². The molecule has 0 bridgehead atoms. The van der Waals surface area contributed by atoms with Crippen LogP contribution in [0.25, 0.3) is 10.6 Å². The third kappa shape index (κ3) is 5.13. The molecule has 0 aliphatic carbocycles. The zero-order valence-corrected chi connectivity index (χ0v) is 14.2. The molecule has 0 saturated carbocycles. The monoisotopic (exact) mass is 351 g/mol. The number of carbonyl (C=O) groups excluding carboxylic acids is 1. The van der Waals surface area contributed by atoms with Crippen LogP contribution in [0.3, 0.4) is 0 Å². The van der Waals surface area contributed by atoms with E-state index in [-0.39, 0.29) is 19.1 Å². The number of rotatable bonds is 8. The first-order valence-corrected chi connectivity index (χ1v) is 8.83. The van der Waals surface area contributed by atoms with Crippen molar-refractivity contribution in [2.45, 2.75) is 6.61 Å². The molecule has 0 atom stereocenters. The normalized spacial score (nSPS) is 15.5. The number of hydrogen-bond acceptors (Lipinski definition) is 7.